The molecule has 18 heavy (non-hydrogen) atoms. The first-order chi connectivity index (χ1) is 8.66. The van der Waals surface area contributed by atoms with Crippen molar-refractivity contribution in [3.05, 3.63) is 57.3 Å². The first-order valence-electron chi connectivity index (χ1n) is 5.42. The van der Waals surface area contributed by atoms with E-state index in [-0.39, 0.29) is 5.56 Å². The first-order valence-corrected chi connectivity index (χ1v) is 6.21. The number of anilines is 1. The first kappa shape index (κ1) is 11.1. The summed E-state index contributed by atoms with van der Waals surface area (Å²) >= 11 is 3.38. The quantitative estimate of drug-likeness (QED) is 0.679. The number of aromatic amines is 1. The number of aromatic nitrogens is 2. The highest BCUT2D eigenvalue weighted by molar-refractivity contribution is 9.10. The molecule has 3 aromatic rings. The summed E-state index contributed by atoms with van der Waals surface area (Å²) in [6.45, 7) is 0. The average Bonchev–Trinajstić information content (AvgIpc) is 2.69. The molecule has 0 spiro atoms. The van der Waals surface area contributed by atoms with Gasteiger partial charge in [-0.1, -0.05) is 22.0 Å². The molecule has 1 aromatic heterocycles. The van der Waals surface area contributed by atoms with Gasteiger partial charge < -0.3 is 5.73 Å². The van der Waals surface area contributed by atoms with Crippen LogP contribution in [0.2, 0.25) is 0 Å². The van der Waals surface area contributed by atoms with E-state index in [1.165, 1.54) is 0 Å². The van der Waals surface area contributed by atoms with Gasteiger partial charge in [0.2, 0.25) is 0 Å². The monoisotopic (exact) mass is 303 g/mol. The van der Waals surface area contributed by atoms with Gasteiger partial charge in [0.05, 0.1) is 16.6 Å². The SMILES string of the molecule is Nc1cccc2c1c(=O)[nH]n2-c1ccc(Br)cc1. The van der Waals surface area contributed by atoms with Crippen molar-refractivity contribution in [2.75, 3.05) is 5.73 Å². The number of nitrogens with zero attached hydrogens (tertiary/aromatic N) is 1. The van der Waals surface area contributed by atoms with Crippen molar-refractivity contribution < 1.29 is 0 Å². The lowest BCUT2D eigenvalue weighted by atomic mass is 10.2. The van der Waals surface area contributed by atoms with Crippen molar-refractivity contribution in [3.63, 3.8) is 0 Å². The van der Waals surface area contributed by atoms with Crippen molar-refractivity contribution in [3.8, 4) is 5.69 Å². The van der Waals surface area contributed by atoms with Crippen molar-refractivity contribution in [1.82, 2.24) is 9.78 Å². The number of fused-ring (bicyclic) bond motifs is 1. The summed E-state index contributed by atoms with van der Waals surface area (Å²) in [5.74, 6) is 0. The van der Waals surface area contributed by atoms with E-state index in [0.717, 1.165) is 15.7 Å². The minimum absolute atomic E-state index is 0.175. The molecule has 0 bridgehead atoms. The van der Waals surface area contributed by atoms with Crippen LogP contribution in [0.5, 0.6) is 0 Å². The second-order valence-corrected chi connectivity index (χ2v) is 4.91. The fraction of sp³-hybridized carbons (Fsp3) is 0. The predicted octanol–water partition coefficient (Wildman–Crippen LogP) is 2.66. The summed E-state index contributed by atoms with van der Waals surface area (Å²) in [5.41, 5.74) is 7.81. The van der Waals surface area contributed by atoms with Crippen LogP contribution in [0.1, 0.15) is 0 Å². The molecule has 3 rings (SSSR count). The number of nitrogen functional groups attached to an aromatic ring is 1. The Balaban J connectivity index is 2.34. The maximum Gasteiger partial charge on any atom is 0.274 e. The average molecular weight is 304 g/mol. The fourth-order valence-corrected chi connectivity index (χ4v) is 2.27. The molecule has 0 atom stereocenters. The molecule has 0 radical (unpaired) electrons. The van der Waals surface area contributed by atoms with Gasteiger partial charge in [0, 0.05) is 10.2 Å². The largest absolute Gasteiger partial charge is 0.398 e. The summed E-state index contributed by atoms with van der Waals surface area (Å²) < 4.78 is 2.73. The Morgan fingerprint density at radius 1 is 1.11 bits per heavy atom. The topological polar surface area (TPSA) is 63.8 Å². The van der Waals surface area contributed by atoms with E-state index in [4.69, 9.17) is 5.73 Å². The van der Waals surface area contributed by atoms with Crippen molar-refractivity contribution in [1.29, 1.82) is 0 Å². The van der Waals surface area contributed by atoms with Gasteiger partial charge in [0.15, 0.2) is 0 Å². The summed E-state index contributed by atoms with van der Waals surface area (Å²) in [7, 11) is 0. The van der Waals surface area contributed by atoms with E-state index in [2.05, 4.69) is 21.0 Å². The number of halogens is 1. The number of hydrogen-bond donors (Lipinski definition) is 2. The van der Waals surface area contributed by atoms with Crippen LogP contribution in [0.15, 0.2) is 51.7 Å². The summed E-state index contributed by atoms with van der Waals surface area (Å²) in [6, 6.07) is 13.1. The van der Waals surface area contributed by atoms with Gasteiger partial charge in [-0.25, -0.2) is 0 Å². The molecule has 0 fully saturated rings. The number of hydrogen-bond acceptors (Lipinski definition) is 2. The highest BCUT2D eigenvalue weighted by atomic mass is 79.9. The second kappa shape index (κ2) is 4.03. The molecular weight excluding hydrogens is 294 g/mol. The van der Waals surface area contributed by atoms with Gasteiger partial charge in [0.25, 0.3) is 5.56 Å². The van der Waals surface area contributed by atoms with Crippen LogP contribution in [-0.2, 0) is 0 Å². The van der Waals surface area contributed by atoms with Crippen LogP contribution in [0.3, 0.4) is 0 Å². The molecule has 0 unspecified atom stereocenters. The molecule has 0 saturated carbocycles. The zero-order valence-electron chi connectivity index (χ0n) is 9.35. The number of benzene rings is 2. The lowest BCUT2D eigenvalue weighted by molar-refractivity contribution is 0.891. The van der Waals surface area contributed by atoms with E-state index < -0.39 is 0 Å². The molecule has 0 aliphatic carbocycles. The number of H-pyrrole nitrogens is 1. The smallest absolute Gasteiger partial charge is 0.274 e. The van der Waals surface area contributed by atoms with Crippen molar-refractivity contribution in [2.24, 2.45) is 0 Å². The molecule has 0 amide bonds. The third-order valence-electron chi connectivity index (χ3n) is 2.84. The fourth-order valence-electron chi connectivity index (χ4n) is 2.00. The highest BCUT2D eigenvalue weighted by Gasteiger charge is 2.09. The van der Waals surface area contributed by atoms with E-state index in [9.17, 15) is 4.79 Å². The number of rotatable bonds is 1. The maximum absolute atomic E-state index is 11.9. The van der Waals surface area contributed by atoms with Gasteiger partial charge in [-0.05, 0) is 36.4 Å². The Labute approximate surface area is 111 Å². The Kier molecular flexibility index (Phi) is 2.48. The minimum atomic E-state index is -0.175. The molecular formula is C13H10BrN3O. The third-order valence-corrected chi connectivity index (χ3v) is 3.37. The lowest BCUT2D eigenvalue weighted by Crippen LogP contribution is -2.04. The molecule has 3 N–H and O–H groups in total. The predicted molar refractivity (Wildman–Crippen MR) is 76.0 cm³/mol. The van der Waals surface area contributed by atoms with Crippen LogP contribution in [0.25, 0.3) is 16.6 Å². The van der Waals surface area contributed by atoms with E-state index in [0.29, 0.717) is 11.1 Å². The standard InChI is InChI=1S/C13H10BrN3O/c14-8-4-6-9(7-5-8)17-11-3-1-2-10(15)12(11)13(18)16-17/h1-7H,15H2,(H,16,18). The number of nitrogens with two attached hydrogens (primary N) is 1. The molecule has 90 valence electrons. The van der Waals surface area contributed by atoms with Gasteiger partial charge >= 0.3 is 0 Å². The molecule has 1 heterocycles. The zero-order chi connectivity index (χ0) is 12.7. The molecule has 0 aliphatic heterocycles. The Bertz CT molecular complexity index is 771. The molecule has 0 aliphatic rings. The van der Waals surface area contributed by atoms with Crippen LogP contribution < -0.4 is 11.3 Å². The van der Waals surface area contributed by atoms with E-state index in [1.54, 1.807) is 10.7 Å². The Morgan fingerprint density at radius 2 is 1.83 bits per heavy atom. The molecule has 4 nitrogen and oxygen atoms in total. The second-order valence-electron chi connectivity index (χ2n) is 3.99. The van der Waals surface area contributed by atoms with Gasteiger partial charge in [-0.3, -0.25) is 14.6 Å². The van der Waals surface area contributed by atoms with Crippen LogP contribution in [0, 0.1) is 0 Å². The molecule has 2 aromatic carbocycles. The van der Waals surface area contributed by atoms with Gasteiger partial charge in [0.1, 0.15) is 0 Å². The summed E-state index contributed by atoms with van der Waals surface area (Å²) in [6.07, 6.45) is 0. The molecule has 5 heteroatoms. The normalized spacial score (nSPS) is 10.9. The summed E-state index contributed by atoms with van der Waals surface area (Å²) in [5, 5.41) is 3.32. The Morgan fingerprint density at radius 3 is 2.56 bits per heavy atom. The van der Waals surface area contributed by atoms with E-state index in [1.807, 2.05) is 36.4 Å². The minimum Gasteiger partial charge on any atom is -0.398 e. The van der Waals surface area contributed by atoms with Crippen LogP contribution in [0.4, 0.5) is 5.69 Å². The third kappa shape index (κ3) is 1.64. The lowest BCUT2D eigenvalue weighted by Gasteiger charge is -2.04. The van der Waals surface area contributed by atoms with Crippen LogP contribution >= 0.6 is 15.9 Å². The van der Waals surface area contributed by atoms with Gasteiger partial charge in [-0.15, -0.1) is 0 Å². The summed E-state index contributed by atoms with van der Waals surface area (Å²) in [4.78, 5) is 11.9. The number of nitrogens with one attached hydrogen (secondary N) is 1. The van der Waals surface area contributed by atoms with Crippen LogP contribution in [-0.4, -0.2) is 9.78 Å². The zero-order valence-corrected chi connectivity index (χ0v) is 10.9. The maximum atomic E-state index is 11.9. The van der Waals surface area contributed by atoms with Gasteiger partial charge in [-0.2, -0.15) is 0 Å². The highest BCUT2D eigenvalue weighted by Crippen LogP contribution is 2.21. The van der Waals surface area contributed by atoms with Crippen molar-refractivity contribution >= 4 is 32.5 Å². The van der Waals surface area contributed by atoms with E-state index >= 15 is 0 Å². The Hall–Kier alpha value is -2.01. The van der Waals surface area contributed by atoms with Crippen molar-refractivity contribution in [2.45, 2.75) is 0 Å². The molecule has 0 saturated heterocycles.